The highest BCUT2D eigenvalue weighted by atomic mass is 35.5. The normalized spacial score (nSPS) is 13.0. The van der Waals surface area contributed by atoms with E-state index in [2.05, 4.69) is 0 Å². The molecule has 0 amide bonds. The number of benzene rings is 1. The van der Waals surface area contributed by atoms with Crippen molar-refractivity contribution in [1.82, 2.24) is 0 Å². The third-order valence-corrected chi connectivity index (χ3v) is 2.59. The molecule has 0 saturated heterocycles. The highest BCUT2D eigenvalue weighted by Crippen LogP contribution is 2.42. The van der Waals surface area contributed by atoms with Crippen LogP contribution in [0, 0.1) is 0 Å². The highest BCUT2D eigenvalue weighted by molar-refractivity contribution is 6.31. The van der Waals surface area contributed by atoms with Gasteiger partial charge in [-0.25, -0.2) is 0 Å². The van der Waals surface area contributed by atoms with Gasteiger partial charge in [0, 0.05) is 5.02 Å². The monoisotopic (exact) mass is 222 g/mol. The maximum absolute atomic E-state index is 12.6. The molecule has 78 valence electrons. The van der Waals surface area contributed by atoms with Gasteiger partial charge < -0.3 is 0 Å². The summed E-state index contributed by atoms with van der Waals surface area (Å²) in [4.78, 5) is 0. The van der Waals surface area contributed by atoms with Gasteiger partial charge in [-0.15, -0.1) is 0 Å². The molecule has 0 aromatic heterocycles. The Bertz CT molecular complexity index is 328. The highest BCUT2D eigenvalue weighted by Gasteiger charge is 2.49. The summed E-state index contributed by atoms with van der Waals surface area (Å²) in [6.45, 7) is 2.24. The number of alkyl halides is 3. The van der Waals surface area contributed by atoms with E-state index < -0.39 is 11.6 Å². The van der Waals surface area contributed by atoms with Crippen LogP contribution in [0.1, 0.15) is 19.4 Å². The number of halogens is 4. The van der Waals surface area contributed by atoms with Crippen LogP contribution in [0.25, 0.3) is 0 Å². The van der Waals surface area contributed by atoms with E-state index in [0.29, 0.717) is 0 Å². The predicted molar refractivity (Wildman–Crippen MR) is 50.5 cm³/mol. The van der Waals surface area contributed by atoms with E-state index in [1.54, 1.807) is 12.1 Å². The van der Waals surface area contributed by atoms with Crippen molar-refractivity contribution < 1.29 is 13.2 Å². The largest absolute Gasteiger partial charge is 0.397 e. The molecule has 0 nitrogen and oxygen atoms in total. The Kier molecular flexibility index (Phi) is 2.81. The summed E-state index contributed by atoms with van der Waals surface area (Å²) in [6.07, 6.45) is -4.29. The molecule has 0 heterocycles. The van der Waals surface area contributed by atoms with E-state index in [1.165, 1.54) is 12.1 Å². The van der Waals surface area contributed by atoms with Gasteiger partial charge in [0.1, 0.15) is 0 Å². The van der Waals surface area contributed by atoms with Crippen LogP contribution in [-0.2, 0) is 5.41 Å². The lowest BCUT2D eigenvalue weighted by Crippen LogP contribution is -2.36. The molecule has 1 rings (SSSR count). The molecular weight excluding hydrogens is 213 g/mol. The van der Waals surface area contributed by atoms with Gasteiger partial charge in [-0.05, 0) is 25.5 Å². The molecule has 1 aromatic carbocycles. The Morgan fingerprint density at radius 2 is 1.57 bits per heavy atom. The van der Waals surface area contributed by atoms with E-state index in [1.807, 2.05) is 0 Å². The van der Waals surface area contributed by atoms with Crippen LogP contribution in [0.2, 0.25) is 5.02 Å². The summed E-state index contributed by atoms with van der Waals surface area (Å²) >= 11 is 5.71. The maximum atomic E-state index is 12.6. The fourth-order valence-corrected chi connectivity index (χ4v) is 1.49. The predicted octanol–water partition coefficient (Wildman–Crippen LogP) is 4.18. The van der Waals surface area contributed by atoms with Crippen LogP contribution in [0.4, 0.5) is 13.2 Å². The average molecular weight is 223 g/mol. The van der Waals surface area contributed by atoms with Crippen molar-refractivity contribution in [2.75, 3.05) is 0 Å². The fourth-order valence-electron chi connectivity index (χ4n) is 1.12. The molecule has 0 unspecified atom stereocenters. The standard InChI is InChI=1S/C10H10ClF3/c1-9(2,10(12,13)14)7-5-3-4-6-8(7)11/h3-6H,1-2H3. The molecule has 0 aliphatic heterocycles. The Labute approximate surface area is 85.7 Å². The topological polar surface area (TPSA) is 0 Å². The third-order valence-electron chi connectivity index (χ3n) is 2.26. The van der Waals surface area contributed by atoms with Crippen LogP contribution in [-0.4, -0.2) is 6.18 Å². The molecular formula is C10H10ClF3. The molecule has 0 atom stereocenters. The first kappa shape index (κ1) is 11.4. The van der Waals surface area contributed by atoms with Gasteiger partial charge in [0.2, 0.25) is 0 Å². The lowest BCUT2D eigenvalue weighted by Gasteiger charge is -2.28. The second-order valence-electron chi connectivity index (χ2n) is 3.60. The van der Waals surface area contributed by atoms with Crippen LogP contribution in [0.5, 0.6) is 0 Å². The zero-order valence-corrected chi connectivity index (χ0v) is 8.58. The van der Waals surface area contributed by atoms with E-state index in [4.69, 9.17) is 11.6 Å². The number of rotatable bonds is 1. The van der Waals surface area contributed by atoms with Crippen LogP contribution in [0.15, 0.2) is 24.3 Å². The lowest BCUT2D eigenvalue weighted by atomic mass is 9.84. The first-order chi connectivity index (χ1) is 6.27. The first-order valence-electron chi connectivity index (χ1n) is 4.08. The zero-order chi connectivity index (χ0) is 11.0. The van der Waals surface area contributed by atoms with Gasteiger partial charge in [0.25, 0.3) is 0 Å². The minimum atomic E-state index is -4.29. The molecule has 4 heteroatoms. The van der Waals surface area contributed by atoms with Gasteiger partial charge in [-0.3, -0.25) is 0 Å². The molecule has 0 fully saturated rings. The van der Waals surface area contributed by atoms with Gasteiger partial charge in [0.05, 0.1) is 5.41 Å². The summed E-state index contributed by atoms with van der Waals surface area (Å²) in [5.41, 5.74) is -1.81. The SMILES string of the molecule is CC(C)(c1ccccc1Cl)C(F)(F)F. The van der Waals surface area contributed by atoms with Crippen molar-refractivity contribution in [1.29, 1.82) is 0 Å². The Morgan fingerprint density at radius 1 is 1.07 bits per heavy atom. The molecule has 14 heavy (non-hydrogen) atoms. The molecule has 0 N–H and O–H groups in total. The average Bonchev–Trinajstić information content (AvgIpc) is 2.02. The zero-order valence-electron chi connectivity index (χ0n) is 7.82. The van der Waals surface area contributed by atoms with Gasteiger partial charge in [0.15, 0.2) is 0 Å². The Hall–Kier alpha value is -0.700. The minimum Gasteiger partial charge on any atom is -0.170 e. The molecule has 1 aromatic rings. The summed E-state index contributed by atoms with van der Waals surface area (Å²) in [5.74, 6) is 0. The van der Waals surface area contributed by atoms with Crippen molar-refractivity contribution in [3.8, 4) is 0 Å². The quantitative estimate of drug-likeness (QED) is 0.669. The van der Waals surface area contributed by atoms with Crippen LogP contribution < -0.4 is 0 Å². The van der Waals surface area contributed by atoms with Gasteiger partial charge in [-0.2, -0.15) is 13.2 Å². The molecule has 0 bridgehead atoms. The molecule has 0 radical (unpaired) electrons. The van der Waals surface area contributed by atoms with E-state index in [9.17, 15) is 13.2 Å². The van der Waals surface area contributed by atoms with Crippen molar-refractivity contribution >= 4 is 11.6 Å². The summed E-state index contributed by atoms with van der Waals surface area (Å²) in [5, 5.41) is 0.148. The minimum absolute atomic E-state index is 0.106. The smallest absolute Gasteiger partial charge is 0.170 e. The second-order valence-corrected chi connectivity index (χ2v) is 4.01. The van der Waals surface area contributed by atoms with Crippen LogP contribution >= 0.6 is 11.6 Å². The van der Waals surface area contributed by atoms with Gasteiger partial charge >= 0.3 is 6.18 Å². The summed E-state index contributed by atoms with van der Waals surface area (Å²) < 4.78 is 37.9. The maximum Gasteiger partial charge on any atom is 0.397 e. The lowest BCUT2D eigenvalue weighted by molar-refractivity contribution is -0.180. The molecule has 0 saturated carbocycles. The van der Waals surface area contributed by atoms with Crippen molar-refractivity contribution in [2.45, 2.75) is 25.4 Å². The van der Waals surface area contributed by atoms with Crippen molar-refractivity contribution in [2.24, 2.45) is 0 Å². The van der Waals surface area contributed by atoms with Crippen LogP contribution in [0.3, 0.4) is 0 Å². The van der Waals surface area contributed by atoms with E-state index in [-0.39, 0.29) is 10.6 Å². The van der Waals surface area contributed by atoms with E-state index >= 15 is 0 Å². The summed E-state index contributed by atoms with van der Waals surface area (Å²) in [6, 6.07) is 6.02. The second kappa shape index (κ2) is 3.46. The Balaban J connectivity index is 3.23. The summed E-state index contributed by atoms with van der Waals surface area (Å²) in [7, 11) is 0. The van der Waals surface area contributed by atoms with Gasteiger partial charge in [-0.1, -0.05) is 29.8 Å². The third kappa shape index (κ3) is 1.87. The first-order valence-corrected chi connectivity index (χ1v) is 4.46. The Morgan fingerprint density at radius 3 is 2.00 bits per heavy atom. The molecule has 0 aliphatic rings. The van der Waals surface area contributed by atoms with Crippen molar-refractivity contribution in [3.05, 3.63) is 34.9 Å². The molecule has 0 aliphatic carbocycles. The van der Waals surface area contributed by atoms with E-state index in [0.717, 1.165) is 13.8 Å². The number of hydrogen-bond donors (Lipinski definition) is 0. The van der Waals surface area contributed by atoms with Crippen molar-refractivity contribution in [3.63, 3.8) is 0 Å². The number of hydrogen-bond acceptors (Lipinski definition) is 0. The molecule has 0 spiro atoms. The fraction of sp³-hybridized carbons (Fsp3) is 0.400.